The molecule has 0 amide bonds. The van der Waals surface area contributed by atoms with Crippen LogP contribution in [0.4, 0.5) is 17.3 Å². The first-order chi connectivity index (χ1) is 20.4. The maximum absolute atomic E-state index is 6.04. The van der Waals surface area contributed by atoms with Gasteiger partial charge in [0.1, 0.15) is 29.2 Å². The summed E-state index contributed by atoms with van der Waals surface area (Å²) in [5.74, 6) is 3.83. The molecule has 7 nitrogen and oxygen atoms in total. The first-order valence-electron chi connectivity index (χ1n) is 15.1. The molecule has 0 spiro atoms. The van der Waals surface area contributed by atoms with Crippen molar-refractivity contribution in [2.75, 3.05) is 29.6 Å². The number of aryl methyl sites for hydroxylation is 3. The number of nitrogens with one attached hydrogen (secondary N) is 1. The Labute approximate surface area is 307 Å². The monoisotopic (exact) mass is 628 g/mol. The van der Waals surface area contributed by atoms with Crippen LogP contribution in [0.1, 0.15) is 77.1 Å². The molecule has 4 aromatic rings. The number of unbranched alkanes of at least 4 members (excludes halogenated alkanes) is 2. The van der Waals surface area contributed by atoms with Gasteiger partial charge in [0.05, 0.1) is 11.7 Å². The molecule has 3 aromatic heterocycles. The number of anilines is 3. The summed E-state index contributed by atoms with van der Waals surface area (Å²) in [4.78, 5) is 21.0. The molecule has 0 saturated carbocycles. The molecule has 0 aliphatic heterocycles. The number of ether oxygens (including phenoxy) is 1. The largest absolute Gasteiger partial charge is 1.00 e. The number of nitrogens with zero attached hydrogens (tertiary/aromatic N) is 5. The van der Waals surface area contributed by atoms with E-state index in [-0.39, 0.29) is 51.4 Å². The van der Waals surface area contributed by atoms with Crippen molar-refractivity contribution in [1.29, 1.82) is 0 Å². The number of aromatic nitrogens is 4. The average Bonchev–Trinajstić information content (AvgIpc) is 3.01. The van der Waals surface area contributed by atoms with Crippen LogP contribution < -0.4 is 66.3 Å². The maximum atomic E-state index is 6.04. The van der Waals surface area contributed by atoms with Crippen molar-refractivity contribution in [2.45, 2.75) is 81.1 Å². The van der Waals surface area contributed by atoms with Gasteiger partial charge in [-0.25, -0.2) is 15.0 Å². The second-order valence-corrected chi connectivity index (χ2v) is 10.2. The van der Waals surface area contributed by atoms with Gasteiger partial charge in [0.15, 0.2) is 5.82 Å². The molecule has 1 atom stereocenters. The van der Waals surface area contributed by atoms with Crippen molar-refractivity contribution in [3.8, 4) is 11.5 Å². The number of hydrogen-bond donors (Lipinski definition) is 1. The van der Waals surface area contributed by atoms with Crippen LogP contribution in [0.3, 0.4) is 0 Å². The number of pyridine rings is 2. The molecule has 0 fully saturated rings. The summed E-state index contributed by atoms with van der Waals surface area (Å²) in [6, 6.07) is 12.0. The van der Waals surface area contributed by atoms with E-state index in [1.54, 1.807) is 18.8 Å². The van der Waals surface area contributed by atoms with Crippen molar-refractivity contribution in [3.63, 3.8) is 0 Å². The van der Waals surface area contributed by atoms with E-state index in [1.807, 2.05) is 52.0 Å². The molecule has 0 bridgehead atoms. The fourth-order valence-electron chi connectivity index (χ4n) is 4.45. The van der Waals surface area contributed by atoms with Crippen LogP contribution in [-0.4, -0.2) is 39.3 Å². The Bertz CT molecular complexity index is 1370. The van der Waals surface area contributed by atoms with E-state index < -0.39 is 0 Å². The molecular weight excluding hydrogens is 580 g/mol. The number of fused-ring (bicyclic) bond motifs is 1. The zero-order valence-electron chi connectivity index (χ0n) is 28.0. The second-order valence-electron chi connectivity index (χ2n) is 10.2. The summed E-state index contributed by atoms with van der Waals surface area (Å²) in [6.07, 6.45) is 9.65. The number of hydrogen-bond acceptors (Lipinski definition) is 8. The summed E-state index contributed by atoms with van der Waals surface area (Å²) < 4.78 is 6.04. The van der Waals surface area contributed by atoms with Gasteiger partial charge in [-0.1, -0.05) is 53.9 Å². The quantitative estimate of drug-likeness (QED) is 0.114. The van der Waals surface area contributed by atoms with Gasteiger partial charge in [0, 0.05) is 24.5 Å². The minimum Gasteiger partial charge on any atom is -0.796 e. The first-order valence-corrected chi connectivity index (χ1v) is 16.0. The van der Waals surface area contributed by atoms with E-state index in [1.165, 1.54) is 12.8 Å². The smallest absolute Gasteiger partial charge is 0.796 e. The van der Waals surface area contributed by atoms with Crippen LogP contribution in [0.15, 0.2) is 48.9 Å². The molecule has 43 heavy (non-hydrogen) atoms. The van der Waals surface area contributed by atoms with E-state index in [2.05, 4.69) is 77.6 Å². The molecule has 1 unspecified atom stereocenters. The average molecular weight is 629 g/mol. The Balaban J connectivity index is 0.00000177. The third kappa shape index (κ3) is 11.9. The molecule has 0 aliphatic rings. The molecule has 0 radical (unpaired) electrons. The maximum Gasteiger partial charge on any atom is 1.00 e. The summed E-state index contributed by atoms with van der Waals surface area (Å²) in [5, 5.41) is 3.48. The molecule has 0 saturated heterocycles. The van der Waals surface area contributed by atoms with Gasteiger partial charge in [0.2, 0.25) is 0 Å². The first kappa shape index (κ1) is 39.3. The van der Waals surface area contributed by atoms with E-state index in [4.69, 9.17) is 9.72 Å². The molecule has 4 rings (SSSR count). The molecular formula is C34H49KN6OS. The zero-order chi connectivity index (χ0) is 31.1. The van der Waals surface area contributed by atoms with Gasteiger partial charge in [0.25, 0.3) is 0 Å². The molecule has 0 aliphatic carbocycles. The van der Waals surface area contributed by atoms with Crippen LogP contribution >= 0.6 is 0 Å². The Morgan fingerprint density at radius 3 is 2.30 bits per heavy atom. The fourth-order valence-corrected chi connectivity index (χ4v) is 4.45. The topological polar surface area (TPSA) is 76.1 Å². The predicted molar refractivity (Wildman–Crippen MR) is 181 cm³/mol. The van der Waals surface area contributed by atoms with Crippen LogP contribution in [0, 0.1) is 26.7 Å². The number of rotatable bonds is 12. The van der Waals surface area contributed by atoms with E-state index in [0.717, 1.165) is 71.0 Å². The van der Waals surface area contributed by atoms with Gasteiger partial charge in [-0.05, 0) is 80.6 Å². The molecule has 3 heterocycles. The molecule has 9 heteroatoms. The van der Waals surface area contributed by atoms with Crippen molar-refractivity contribution in [2.24, 2.45) is 5.92 Å². The normalized spacial score (nSPS) is 10.8. The summed E-state index contributed by atoms with van der Waals surface area (Å²) >= 11 is 4.08. The Morgan fingerprint density at radius 2 is 1.67 bits per heavy atom. The van der Waals surface area contributed by atoms with E-state index in [9.17, 15) is 0 Å². The standard InChI is InChI=1S/C31H40N6O.C2H6.CH4S.K/c1-7-9-10-15-37(19-21(3)8-2)31-23(5)17-27-29(36-31)30(34-20-33-27)35-25-12-14-28(22(4)16-25)38-26-13-11-24(6)32-18-26;2*1-2;/h11-14,16-18,20-21H,7-10,15,19H2,1-6H3,(H,33,34,35);1-2H3;2H,1H3;/q;;;+1/p-1. The van der Waals surface area contributed by atoms with Crippen LogP contribution in [0.25, 0.3) is 11.0 Å². The van der Waals surface area contributed by atoms with E-state index >= 15 is 0 Å². The molecule has 1 N–H and O–H groups in total. The van der Waals surface area contributed by atoms with Gasteiger partial charge >= 0.3 is 51.4 Å². The molecule has 1 aromatic carbocycles. The van der Waals surface area contributed by atoms with Crippen molar-refractivity contribution in [3.05, 3.63) is 65.7 Å². The summed E-state index contributed by atoms with van der Waals surface area (Å²) in [7, 11) is 0. The Morgan fingerprint density at radius 1 is 0.930 bits per heavy atom. The van der Waals surface area contributed by atoms with Gasteiger partial charge < -0.3 is 27.6 Å². The van der Waals surface area contributed by atoms with Crippen LogP contribution in [-0.2, 0) is 12.6 Å². The van der Waals surface area contributed by atoms with Gasteiger partial charge in [-0.3, -0.25) is 4.98 Å². The molecule has 228 valence electrons. The van der Waals surface area contributed by atoms with Crippen LogP contribution in [0.5, 0.6) is 11.5 Å². The minimum atomic E-state index is 0. The van der Waals surface area contributed by atoms with E-state index in [0.29, 0.717) is 17.5 Å². The van der Waals surface area contributed by atoms with Crippen LogP contribution in [0.2, 0.25) is 0 Å². The third-order valence-electron chi connectivity index (χ3n) is 6.88. The minimum absolute atomic E-state index is 0. The summed E-state index contributed by atoms with van der Waals surface area (Å²) in [6.45, 7) is 18.9. The summed E-state index contributed by atoms with van der Waals surface area (Å²) in [5.41, 5.74) is 5.64. The Kier molecular flexibility index (Phi) is 19.2. The van der Waals surface area contributed by atoms with Gasteiger partial charge in [-0.15, -0.1) is 0 Å². The third-order valence-corrected chi connectivity index (χ3v) is 6.88. The second kappa shape index (κ2) is 21.1. The number of benzene rings is 1. The van der Waals surface area contributed by atoms with Crippen molar-refractivity contribution < 1.29 is 56.1 Å². The Hall–Kier alpha value is -1.75. The fraction of sp³-hybridized carbons (Fsp3) is 0.471. The predicted octanol–water partition coefficient (Wildman–Crippen LogP) is 6.12. The van der Waals surface area contributed by atoms with Crippen molar-refractivity contribution >= 4 is 41.0 Å². The SMILES string of the molecule is CC.CCCCCN(CC(C)CC)c1nc2c(Nc3ccc(Oc4ccc(C)nc4)c(C)c3)ncnc2cc1C.C[S-].[K+]. The zero-order valence-corrected chi connectivity index (χ0v) is 31.9. The van der Waals surface area contributed by atoms with Crippen molar-refractivity contribution in [1.82, 2.24) is 19.9 Å². The van der Waals surface area contributed by atoms with Gasteiger partial charge in [-0.2, -0.15) is 6.26 Å².